The van der Waals surface area contributed by atoms with Gasteiger partial charge in [0.15, 0.2) is 11.5 Å². The number of aryl methyl sites for hydroxylation is 1. The summed E-state index contributed by atoms with van der Waals surface area (Å²) in [5.41, 5.74) is 1.80. The van der Waals surface area contributed by atoms with Gasteiger partial charge in [0, 0.05) is 31.5 Å². The van der Waals surface area contributed by atoms with Crippen LogP contribution in [0.4, 0.5) is 0 Å². The van der Waals surface area contributed by atoms with Crippen molar-refractivity contribution >= 4 is 5.91 Å². The summed E-state index contributed by atoms with van der Waals surface area (Å²) in [5, 5.41) is 4.03. The quantitative estimate of drug-likeness (QED) is 0.444. The van der Waals surface area contributed by atoms with Gasteiger partial charge in [-0.3, -0.25) is 4.79 Å². The molecule has 0 saturated heterocycles. The zero-order valence-corrected chi connectivity index (χ0v) is 19.0. The Hall–Kier alpha value is -3.55. The average molecular weight is 440 g/mol. The van der Waals surface area contributed by atoms with Gasteiger partial charge in [-0.25, -0.2) is 0 Å². The highest BCUT2D eigenvalue weighted by atomic mass is 16.5. The smallest absolute Gasteiger partial charge is 0.227 e. The first kappa shape index (κ1) is 23.1. The Balaban J connectivity index is 1.58. The predicted octanol–water partition coefficient (Wildman–Crippen LogP) is 4.13. The highest BCUT2D eigenvalue weighted by molar-refractivity contribution is 5.76. The molecule has 1 aromatic heterocycles. The molecule has 170 valence electrons. The van der Waals surface area contributed by atoms with Gasteiger partial charge in [0.05, 0.1) is 20.8 Å². The molecule has 0 aliphatic carbocycles. The number of carbonyl (C=O) groups excluding carboxylic acids is 1. The molecule has 8 heteroatoms. The van der Waals surface area contributed by atoms with Crippen LogP contribution in [0.3, 0.4) is 0 Å². The Labute approximate surface area is 188 Å². The van der Waals surface area contributed by atoms with Crippen LogP contribution in [0.5, 0.6) is 17.2 Å². The average Bonchev–Trinajstić information content (AvgIpc) is 3.30. The van der Waals surface area contributed by atoms with E-state index in [9.17, 15) is 4.79 Å². The van der Waals surface area contributed by atoms with Gasteiger partial charge in [0.1, 0.15) is 5.75 Å². The maximum Gasteiger partial charge on any atom is 0.227 e. The van der Waals surface area contributed by atoms with Gasteiger partial charge in [-0.1, -0.05) is 11.2 Å². The maximum absolute atomic E-state index is 12.8. The fourth-order valence-electron chi connectivity index (χ4n) is 3.29. The molecular weight excluding hydrogens is 410 g/mol. The first-order valence-electron chi connectivity index (χ1n) is 10.6. The van der Waals surface area contributed by atoms with Crippen molar-refractivity contribution in [1.82, 2.24) is 15.0 Å². The summed E-state index contributed by atoms with van der Waals surface area (Å²) in [4.78, 5) is 19.0. The van der Waals surface area contributed by atoms with Crippen LogP contribution >= 0.6 is 0 Å². The van der Waals surface area contributed by atoms with Crippen molar-refractivity contribution in [2.24, 2.45) is 0 Å². The third-order valence-electron chi connectivity index (χ3n) is 5.00. The van der Waals surface area contributed by atoms with Crippen LogP contribution in [0.15, 0.2) is 47.0 Å². The van der Waals surface area contributed by atoms with E-state index in [2.05, 4.69) is 10.1 Å². The number of benzene rings is 2. The first-order chi connectivity index (χ1) is 15.6. The van der Waals surface area contributed by atoms with E-state index in [1.54, 1.807) is 19.1 Å². The summed E-state index contributed by atoms with van der Waals surface area (Å²) in [5.74, 6) is 3.03. The van der Waals surface area contributed by atoms with Crippen molar-refractivity contribution in [1.29, 1.82) is 0 Å². The number of ether oxygens (including phenoxy) is 3. The highest BCUT2D eigenvalue weighted by Crippen LogP contribution is 2.28. The van der Waals surface area contributed by atoms with Gasteiger partial charge in [-0.15, -0.1) is 0 Å². The summed E-state index contributed by atoms with van der Waals surface area (Å²) < 4.78 is 21.4. The number of methoxy groups -OCH3 is 2. The van der Waals surface area contributed by atoms with Gasteiger partial charge in [0.2, 0.25) is 17.6 Å². The van der Waals surface area contributed by atoms with E-state index in [1.165, 1.54) is 0 Å². The molecule has 0 atom stereocenters. The molecule has 0 saturated carbocycles. The van der Waals surface area contributed by atoms with Gasteiger partial charge >= 0.3 is 0 Å². The minimum absolute atomic E-state index is 0.0168. The lowest BCUT2D eigenvalue weighted by Crippen LogP contribution is -2.30. The lowest BCUT2D eigenvalue weighted by atomic mass is 10.1. The Bertz CT molecular complexity index is 1020. The van der Waals surface area contributed by atoms with E-state index < -0.39 is 0 Å². The van der Waals surface area contributed by atoms with E-state index in [-0.39, 0.29) is 12.3 Å². The third-order valence-corrected chi connectivity index (χ3v) is 5.00. The molecule has 0 spiro atoms. The minimum Gasteiger partial charge on any atom is -0.494 e. The zero-order chi connectivity index (χ0) is 22.9. The molecule has 0 unspecified atom stereocenters. The SMILES string of the molecule is CCOc1ccc(-c2noc(CCC(=O)N(CC)Cc3ccc(OC)c(OC)c3)n2)cc1. The second kappa shape index (κ2) is 11.2. The second-order valence-corrected chi connectivity index (χ2v) is 7.07. The molecule has 0 radical (unpaired) electrons. The number of rotatable bonds is 11. The van der Waals surface area contributed by atoms with Crippen molar-refractivity contribution < 1.29 is 23.5 Å². The van der Waals surface area contributed by atoms with E-state index in [0.29, 0.717) is 49.3 Å². The first-order valence-corrected chi connectivity index (χ1v) is 10.6. The molecule has 32 heavy (non-hydrogen) atoms. The van der Waals surface area contributed by atoms with E-state index in [0.717, 1.165) is 16.9 Å². The van der Waals surface area contributed by atoms with E-state index >= 15 is 0 Å². The summed E-state index contributed by atoms with van der Waals surface area (Å²) in [6.45, 7) is 5.58. The van der Waals surface area contributed by atoms with Crippen molar-refractivity contribution in [3.63, 3.8) is 0 Å². The topological polar surface area (TPSA) is 86.9 Å². The van der Waals surface area contributed by atoms with Crippen LogP contribution in [0, 0.1) is 0 Å². The van der Waals surface area contributed by atoms with Gasteiger partial charge in [-0.05, 0) is 55.8 Å². The molecule has 3 rings (SSSR count). The number of hydrogen-bond acceptors (Lipinski definition) is 7. The van der Waals surface area contributed by atoms with Crippen molar-refractivity contribution in [3.05, 3.63) is 53.9 Å². The van der Waals surface area contributed by atoms with E-state index in [4.69, 9.17) is 18.7 Å². The Morgan fingerprint density at radius 3 is 2.44 bits per heavy atom. The van der Waals surface area contributed by atoms with Crippen LogP contribution in [0.1, 0.15) is 31.7 Å². The number of hydrogen-bond donors (Lipinski definition) is 0. The molecule has 0 bridgehead atoms. The number of carbonyl (C=O) groups is 1. The van der Waals surface area contributed by atoms with Crippen LogP contribution in [-0.2, 0) is 17.8 Å². The highest BCUT2D eigenvalue weighted by Gasteiger charge is 2.16. The number of amides is 1. The van der Waals surface area contributed by atoms with Gasteiger partial charge in [0.25, 0.3) is 0 Å². The lowest BCUT2D eigenvalue weighted by molar-refractivity contribution is -0.131. The molecule has 8 nitrogen and oxygen atoms in total. The van der Waals surface area contributed by atoms with Crippen LogP contribution < -0.4 is 14.2 Å². The molecule has 3 aromatic rings. The van der Waals surface area contributed by atoms with Crippen molar-refractivity contribution in [3.8, 4) is 28.6 Å². The molecule has 1 heterocycles. The zero-order valence-electron chi connectivity index (χ0n) is 19.0. The standard InChI is InChI=1S/C24H29N3O5/c1-5-27(16-17-7-12-20(29-3)21(15-17)30-4)23(28)14-13-22-25-24(26-32-22)18-8-10-19(11-9-18)31-6-2/h7-12,15H,5-6,13-14,16H2,1-4H3. The number of nitrogens with zero attached hydrogens (tertiary/aromatic N) is 3. The second-order valence-electron chi connectivity index (χ2n) is 7.07. The monoisotopic (exact) mass is 439 g/mol. The van der Waals surface area contributed by atoms with E-state index in [1.807, 2.05) is 56.3 Å². The molecule has 0 fully saturated rings. The fraction of sp³-hybridized carbons (Fsp3) is 0.375. The molecule has 0 aliphatic heterocycles. The largest absolute Gasteiger partial charge is 0.494 e. The summed E-state index contributed by atoms with van der Waals surface area (Å²) in [6.07, 6.45) is 0.664. The lowest BCUT2D eigenvalue weighted by Gasteiger charge is -2.21. The van der Waals surface area contributed by atoms with Crippen LogP contribution in [0.2, 0.25) is 0 Å². The van der Waals surface area contributed by atoms with Gasteiger partial charge in [-0.2, -0.15) is 4.98 Å². The van der Waals surface area contributed by atoms with Crippen LogP contribution in [0.25, 0.3) is 11.4 Å². The van der Waals surface area contributed by atoms with Crippen molar-refractivity contribution in [2.45, 2.75) is 33.2 Å². The molecule has 2 aromatic carbocycles. The van der Waals surface area contributed by atoms with Crippen LogP contribution in [-0.4, -0.2) is 48.3 Å². The molecule has 0 N–H and O–H groups in total. The molecule has 0 aliphatic rings. The molecular formula is C24H29N3O5. The number of aromatic nitrogens is 2. The van der Waals surface area contributed by atoms with Crippen molar-refractivity contribution in [2.75, 3.05) is 27.4 Å². The Morgan fingerprint density at radius 1 is 1.03 bits per heavy atom. The fourth-order valence-corrected chi connectivity index (χ4v) is 3.29. The normalized spacial score (nSPS) is 10.6. The molecule has 1 amide bonds. The summed E-state index contributed by atoms with van der Waals surface area (Å²) in [6, 6.07) is 13.2. The summed E-state index contributed by atoms with van der Waals surface area (Å²) in [7, 11) is 3.19. The van der Waals surface area contributed by atoms with Gasteiger partial charge < -0.3 is 23.6 Å². The Morgan fingerprint density at radius 2 is 1.78 bits per heavy atom. The summed E-state index contributed by atoms with van der Waals surface area (Å²) >= 11 is 0. The third kappa shape index (κ3) is 5.78. The Kier molecular flexibility index (Phi) is 8.08. The minimum atomic E-state index is 0.0168. The predicted molar refractivity (Wildman–Crippen MR) is 120 cm³/mol. The maximum atomic E-state index is 12.8.